The summed E-state index contributed by atoms with van der Waals surface area (Å²) in [5, 5.41) is 5.17. The predicted octanol–water partition coefficient (Wildman–Crippen LogP) is 4.31. The number of nitrogens with zero attached hydrogens (tertiary/aromatic N) is 3. The van der Waals surface area contributed by atoms with Crippen LogP contribution in [0.1, 0.15) is 27.2 Å². The molecular formula is C22H18F2N4O. The number of carbonyl (C=O) groups is 1. The third-order valence-corrected chi connectivity index (χ3v) is 5.49. The number of amides is 1. The van der Waals surface area contributed by atoms with Crippen molar-refractivity contribution in [1.29, 1.82) is 0 Å². The minimum absolute atomic E-state index is 0.104. The Morgan fingerprint density at radius 1 is 1.21 bits per heavy atom. The molecule has 2 aromatic heterocycles. The molecule has 0 spiro atoms. The molecule has 1 aliphatic rings. The summed E-state index contributed by atoms with van der Waals surface area (Å²) in [5.41, 5.74) is 4.04. The van der Waals surface area contributed by atoms with Crippen LogP contribution in [0.25, 0.3) is 22.0 Å². The van der Waals surface area contributed by atoms with Crippen molar-refractivity contribution in [3.8, 4) is 11.1 Å². The molecule has 1 aliphatic heterocycles. The number of hydrogen-bond acceptors (Lipinski definition) is 2. The maximum atomic E-state index is 14.9. The van der Waals surface area contributed by atoms with E-state index in [1.807, 2.05) is 31.3 Å². The van der Waals surface area contributed by atoms with Gasteiger partial charge in [0.25, 0.3) is 5.91 Å². The average molecular weight is 392 g/mol. The summed E-state index contributed by atoms with van der Waals surface area (Å²) in [4.78, 5) is 17.1. The lowest BCUT2D eigenvalue weighted by Crippen LogP contribution is -2.25. The van der Waals surface area contributed by atoms with Gasteiger partial charge in [-0.1, -0.05) is 12.1 Å². The second kappa shape index (κ2) is 6.27. The zero-order valence-electron chi connectivity index (χ0n) is 16.0. The molecule has 5 rings (SSSR count). The highest BCUT2D eigenvalue weighted by atomic mass is 19.1. The van der Waals surface area contributed by atoms with E-state index in [0.29, 0.717) is 23.2 Å². The summed E-state index contributed by atoms with van der Waals surface area (Å²) in [7, 11) is 1.80. The van der Waals surface area contributed by atoms with Crippen molar-refractivity contribution in [3.05, 3.63) is 76.7 Å². The van der Waals surface area contributed by atoms with Crippen molar-refractivity contribution >= 4 is 16.8 Å². The van der Waals surface area contributed by atoms with Crippen molar-refractivity contribution in [2.45, 2.75) is 20.0 Å². The molecule has 2 aromatic carbocycles. The van der Waals surface area contributed by atoms with Gasteiger partial charge in [-0.05, 0) is 36.2 Å². The Labute approximate surface area is 165 Å². The molecule has 4 aromatic rings. The Balaban J connectivity index is 1.50. The first-order valence-corrected chi connectivity index (χ1v) is 9.29. The van der Waals surface area contributed by atoms with Crippen molar-refractivity contribution in [2.75, 3.05) is 0 Å². The first-order valence-electron chi connectivity index (χ1n) is 9.29. The van der Waals surface area contributed by atoms with Gasteiger partial charge in [0.05, 0.1) is 17.6 Å². The van der Waals surface area contributed by atoms with E-state index in [1.165, 1.54) is 17.0 Å². The van der Waals surface area contributed by atoms with Crippen LogP contribution in [0.5, 0.6) is 0 Å². The lowest BCUT2D eigenvalue weighted by Gasteiger charge is -2.18. The lowest BCUT2D eigenvalue weighted by atomic mass is 9.99. The molecule has 0 fully saturated rings. The van der Waals surface area contributed by atoms with Gasteiger partial charge in [-0.2, -0.15) is 5.10 Å². The van der Waals surface area contributed by atoms with Gasteiger partial charge in [-0.3, -0.25) is 9.48 Å². The molecule has 146 valence electrons. The van der Waals surface area contributed by atoms with Crippen LogP contribution in [0, 0.1) is 18.6 Å². The number of nitrogens with one attached hydrogen (secondary N) is 1. The fourth-order valence-electron chi connectivity index (χ4n) is 4.08. The summed E-state index contributed by atoms with van der Waals surface area (Å²) >= 11 is 0. The molecule has 5 nitrogen and oxygen atoms in total. The minimum atomic E-state index is -0.663. The smallest absolute Gasteiger partial charge is 0.256 e. The van der Waals surface area contributed by atoms with Crippen molar-refractivity contribution in [2.24, 2.45) is 7.05 Å². The van der Waals surface area contributed by atoms with Gasteiger partial charge < -0.3 is 9.88 Å². The molecule has 0 radical (unpaired) electrons. The normalized spacial score (nSPS) is 13.5. The monoisotopic (exact) mass is 392 g/mol. The number of halogens is 2. The highest BCUT2D eigenvalue weighted by molar-refractivity contribution is 5.99. The summed E-state index contributed by atoms with van der Waals surface area (Å²) < 4.78 is 31.5. The number of carbonyl (C=O) groups excluding carboxylic acids is 1. The fourth-order valence-corrected chi connectivity index (χ4v) is 4.08. The Hall–Kier alpha value is -3.48. The van der Waals surface area contributed by atoms with Gasteiger partial charge in [0.15, 0.2) is 0 Å². The largest absolute Gasteiger partial charge is 0.364 e. The van der Waals surface area contributed by atoms with Gasteiger partial charge >= 0.3 is 0 Å². The summed E-state index contributed by atoms with van der Waals surface area (Å²) in [6, 6.07) is 8.14. The number of aromatic amines is 1. The zero-order valence-corrected chi connectivity index (χ0v) is 16.0. The highest BCUT2D eigenvalue weighted by Gasteiger charge is 2.31. The molecule has 29 heavy (non-hydrogen) atoms. The molecule has 0 aliphatic carbocycles. The van der Waals surface area contributed by atoms with E-state index in [9.17, 15) is 13.6 Å². The van der Waals surface area contributed by atoms with Gasteiger partial charge in [0, 0.05) is 48.2 Å². The van der Waals surface area contributed by atoms with E-state index in [1.54, 1.807) is 17.9 Å². The average Bonchev–Trinajstić information content (AvgIpc) is 3.32. The Kier molecular flexibility index (Phi) is 3.81. The summed E-state index contributed by atoms with van der Waals surface area (Å²) in [6.45, 7) is 2.05. The quantitative estimate of drug-likeness (QED) is 0.565. The molecule has 0 saturated heterocycles. The number of aryl methyl sites for hydroxylation is 2. The Morgan fingerprint density at radius 2 is 1.97 bits per heavy atom. The molecule has 0 bridgehead atoms. The maximum absolute atomic E-state index is 14.9. The number of hydrogen-bond donors (Lipinski definition) is 1. The second-order valence-corrected chi connectivity index (χ2v) is 7.43. The van der Waals surface area contributed by atoms with E-state index >= 15 is 0 Å². The summed E-state index contributed by atoms with van der Waals surface area (Å²) in [5.74, 6) is -1.53. The van der Waals surface area contributed by atoms with Crippen LogP contribution in [0.15, 0.2) is 42.7 Å². The third-order valence-electron chi connectivity index (χ3n) is 5.49. The van der Waals surface area contributed by atoms with E-state index in [-0.39, 0.29) is 18.0 Å². The standard InChI is InChI=1S/C22H18F2N4O/c1-12-21-14(8-25-12)9-28(22(21)29)11-17-18(23)6-13(7-19(17)24)15-4-3-5-20-16(15)10-27(2)26-20/h3-8,10,25H,9,11H2,1-2H3. The first kappa shape index (κ1) is 17.6. The molecule has 1 amide bonds. The number of rotatable bonds is 3. The fraction of sp³-hybridized carbons (Fsp3) is 0.182. The molecule has 1 N–H and O–H groups in total. The third kappa shape index (κ3) is 2.73. The van der Waals surface area contributed by atoms with Crippen LogP contribution >= 0.6 is 0 Å². The van der Waals surface area contributed by atoms with Gasteiger partial charge in [0.2, 0.25) is 0 Å². The SMILES string of the molecule is Cc1[nH]cc2c1C(=O)N(Cc1c(F)cc(-c3cccc4nn(C)cc34)cc1F)C2. The van der Waals surface area contributed by atoms with E-state index < -0.39 is 11.6 Å². The molecule has 3 heterocycles. The maximum Gasteiger partial charge on any atom is 0.256 e. The first-order chi connectivity index (χ1) is 13.9. The molecule has 7 heteroatoms. The molecule has 0 unspecified atom stereocenters. The van der Waals surface area contributed by atoms with Crippen LogP contribution in [-0.4, -0.2) is 25.6 Å². The second-order valence-electron chi connectivity index (χ2n) is 7.43. The molecule has 0 atom stereocenters. The highest BCUT2D eigenvalue weighted by Crippen LogP contribution is 2.32. The van der Waals surface area contributed by atoms with Crippen LogP contribution in [0.2, 0.25) is 0 Å². The van der Waals surface area contributed by atoms with Crippen molar-refractivity contribution in [3.63, 3.8) is 0 Å². The Bertz CT molecular complexity index is 1260. The van der Waals surface area contributed by atoms with Gasteiger partial charge in [-0.25, -0.2) is 8.78 Å². The van der Waals surface area contributed by atoms with Crippen molar-refractivity contribution < 1.29 is 13.6 Å². The van der Waals surface area contributed by atoms with E-state index in [2.05, 4.69) is 10.1 Å². The predicted molar refractivity (Wildman–Crippen MR) is 105 cm³/mol. The number of benzene rings is 2. The van der Waals surface area contributed by atoms with E-state index in [4.69, 9.17) is 0 Å². The molecular weight excluding hydrogens is 374 g/mol. The number of H-pyrrole nitrogens is 1. The summed E-state index contributed by atoms with van der Waals surface area (Å²) in [6.07, 6.45) is 3.60. The minimum Gasteiger partial charge on any atom is -0.364 e. The van der Waals surface area contributed by atoms with Gasteiger partial charge in [-0.15, -0.1) is 0 Å². The van der Waals surface area contributed by atoms with Crippen LogP contribution in [0.3, 0.4) is 0 Å². The van der Waals surface area contributed by atoms with Crippen molar-refractivity contribution in [1.82, 2.24) is 19.7 Å². The topological polar surface area (TPSA) is 53.9 Å². The van der Waals surface area contributed by atoms with Gasteiger partial charge in [0.1, 0.15) is 11.6 Å². The number of fused-ring (bicyclic) bond motifs is 2. The van der Waals surface area contributed by atoms with Crippen LogP contribution in [-0.2, 0) is 20.1 Å². The molecule has 0 saturated carbocycles. The lowest BCUT2D eigenvalue weighted by molar-refractivity contribution is 0.0762. The zero-order chi connectivity index (χ0) is 20.3. The van der Waals surface area contributed by atoms with Crippen LogP contribution in [0.4, 0.5) is 8.78 Å². The van der Waals surface area contributed by atoms with Crippen LogP contribution < -0.4 is 0 Å². The Morgan fingerprint density at radius 3 is 2.69 bits per heavy atom. The number of aromatic nitrogens is 3. The van der Waals surface area contributed by atoms with E-state index in [0.717, 1.165) is 22.2 Å².